The van der Waals surface area contributed by atoms with Crippen LogP contribution >= 0.6 is 12.8 Å². The summed E-state index contributed by atoms with van der Waals surface area (Å²) in [5.41, 5.74) is 0. The Morgan fingerprint density at radius 3 is 2.89 bits per heavy atom. The normalized spacial score (nSPS) is 32.0. The van der Waals surface area contributed by atoms with Gasteiger partial charge in [0.25, 0.3) is 0 Å². The van der Waals surface area contributed by atoms with Crippen LogP contribution in [-0.2, 0) is 0 Å². The number of aliphatic hydroxyl groups is 1. The molecule has 0 amide bonds. The molecule has 0 aliphatic carbocycles. The zero-order valence-corrected chi connectivity index (χ0v) is 6.35. The minimum atomic E-state index is -0.0813. The Morgan fingerprint density at radius 1 is 1.33 bits per heavy atom. The summed E-state index contributed by atoms with van der Waals surface area (Å²) in [7, 11) is 0. The number of hydrogen-bond donors (Lipinski definition) is 2. The Morgan fingerprint density at radius 2 is 2.11 bits per heavy atom. The Labute approximate surface area is 61.4 Å². The van der Waals surface area contributed by atoms with Crippen LogP contribution in [0.4, 0.5) is 0 Å². The van der Waals surface area contributed by atoms with E-state index in [1.165, 1.54) is 0 Å². The van der Waals surface area contributed by atoms with Crippen molar-refractivity contribution in [3.05, 3.63) is 0 Å². The van der Waals surface area contributed by atoms with Crippen molar-refractivity contribution >= 4 is 12.8 Å². The first-order valence-electron chi connectivity index (χ1n) is 3.41. The number of nitrogens with zero attached hydrogens (tertiary/aromatic N) is 1. The third kappa shape index (κ3) is 2.56. The van der Waals surface area contributed by atoms with Gasteiger partial charge in [-0.3, -0.25) is 4.31 Å². The van der Waals surface area contributed by atoms with Crippen molar-refractivity contribution in [2.75, 3.05) is 13.1 Å². The van der Waals surface area contributed by atoms with Gasteiger partial charge >= 0.3 is 0 Å². The highest BCUT2D eigenvalue weighted by Gasteiger charge is 2.11. The predicted molar refractivity (Wildman–Crippen MR) is 40.4 cm³/mol. The maximum absolute atomic E-state index is 9.15. The number of hydrogen-bond acceptors (Lipinski definition) is 3. The van der Waals surface area contributed by atoms with Gasteiger partial charge in [0, 0.05) is 13.1 Å². The van der Waals surface area contributed by atoms with Crippen LogP contribution in [0.25, 0.3) is 0 Å². The smallest absolute Gasteiger partial charge is 0.0553 e. The molecule has 0 aromatic heterocycles. The third-order valence-corrected chi connectivity index (χ3v) is 2.07. The summed E-state index contributed by atoms with van der Waals surface area (Å²) in [5, 5.41) is 9.15. The molecule has 1 saturated heterocycles. The van der Waals surface area contributed by atoms with Crippen molar-refractivity contribution in [3.63, 3.8) is 0 Å². The summed E-state index contributed by atoms with van der Waals surface area (Å²) < 4.78 is 1.97. The van der Waals surface area contributed by atoms with E-state index in [2.05, 4.69) is 12.8 Å². The average molecular weight is 147 g/mol. The second-order valence-corrected chi connectivity index (χ2v) is 3.10. The molecule has 0 spiro atoms. The van der Waals surface area contributed by atoms with Crippen LogP contribution in [0.15, 0.2) is 0 Å². The molecule has 0 aromatic rings. The average Bonchev–Trinajstić information content (AvgIpc) is 1.97. The Hall–Kier alpha value is 0.270. The maximum atomic E-state index is 9.15. The van der Waals surface area contributed by atoms with Crippen LogP contribution < -0.4 is 0 Å². The summed E-state index contributed by atoms with van der Waals surface area (Å²) in [6, 6.07) is 0. The summed E-state index contributed by atoms with van der Waals surface area (Å²) >= 11 is 4.19. The molecule has 1 N–H and O–H groups in total. The van der Waals surface area contributed by atoms with E-state index in [1.54, 1.807) is 0 Å². The molecule has 1 atom stereocenters. The lowest BCUT2D eigenvalue weighted by Crippen LogP contribution is -2.13. The van der Waals surface area contributed by atoms with E-state index in [4.69, 9.17) is 5.11 Å². The Balaban J connectivity index is 2.25. The Kier molecular flexibility index (Phi) is 2.82. The van der Waals surface area contributed by atoms with Crippen LogP contribution in [0, 0.1) is 0 Å². The molecule has 1 rings (SSSR count). The second-order valence-electron chi connectivity index (χ2n) is 2.54. The van der Waals surface area contributed by atoms with Crippen LogP contribution in [0.1, 0.15) is 19.3 Å². The zero-order valence-electron chi connectivity index (χ0n) is 5.45. The van der Waals surface area contributed by atoms with Gasteiger partial charge in [0.15, 0.2) is 0 Å². The number of thiol groups is 1. The molecule has 2 nitrogen and oxygen atoms in total. The summed E-state index contributed by atoms with van der Waals surface area (Å²) in [6.45, 7) is 1.93. The fourth-order valence-electron chi connectivity index (χ4n) is 1.06. The van der Waals surface area contributed by atoms with E-state index in [1.807, 2.05) is 4.31 Å². The predicted octanol–water partition coefficient (Wildman–Crippen LogP) is 0.678. The molecule has 0 bridgehead atoms. The van der Waals surface area contributed by atoms with E-state index in [9.17, 15) is 0 Å². The quantitative estimate of drug-likeness (QED) is 0.492. The van der Waals surface area contributed by atoms with Gasteiger partial charge in [-0.15, -0.1) is 0 Å². The number of aliphatic hydroxyl groups excluding tert-OH is 1. The van der Waals surface area contributed by atoms with Gasteiger partial charge in [0.2, 0.25) is 0 Å². The molecular formula is C6H13NOS. The molecule has 9 heavy (non-hydrogen) atoms. The van der Waals surface area contributed by atoms with Crippen LogP contribution in [0.3, 0.4) is 0 Å². The third-order valence-electron chi connectivity index (χ3n) is 1.67. The van der Waals surface area contributed by atoms with Crippen LogP contribution in [-0.4, -0.2) is 28.6 Å². The maximum Gasteiger partial charge on any atom is 0.0553 e. The van der Waals surface area contributed by atoms with Gasteiger partial charge in [-0.05, 0) is 19.3 Å². The fourth-order valence-corrected chi connectivity index (χ4v) is 1.32. The molecule has 1 aliphatic heterocycles. The lowest BCUT2D eigenvalue weighted by atomic mass is 10.2. The summed E-state index contributed by atoms with van der Waals surface area (Å²) in [4.78, 5) is 0. The molecule has 1 aliphatic rings. The lowest BCUT2D eigenvalue weighted by molar-refractivity contribution is 0.159. The van der Waals surface area contributed by atoms with Gasteiger partial charge in [0.1, 0.15) is 0 Å². The first-order chi connectivity index (χ1) is 4.29. The van der Waals surface area contributed by atoms with Gasteiger partial charge in [-0.1, -0.05) is 12.8 Å². The topological polar surface area (TPSA) is 23.5 Å². The number of rotatable bonds is 0. The highest BCUT2D eigenvalue weighted by molar-refractivity contribution is 7.77. The standard InChI is InChI=1S/C6H13NOS/c8-6-2-1-4-7(9)5-3-6/h6,8-9H,1-5H2. The van der Waals surface area contributed by atoms with E-state index in [0.29, 0.717) is 0 Å². The molecule has 1 unspecified atom stereocenters. The fraction of sp³-hybridized carbons (Fsp3) is 1.00. The molecule has 1 heterocycles. The molecule has 0 radical (unpaired) electrons. The largest absolute Gasteiger partial charge is 0.393 e. The first kappa shape index (κ1) is 7.38. The van der Waals surface area contributed by atoms with Crippen LogP contribution in [0.5, 0.6) is 0 Å². The van der Waals surface area contributed by atoms with E-state index >= 15 is 0 Å². The van der Waals surface area contributed by atoms with Crippen molar-refractivity contribution in [2.24, 2.45) is 0 Å². The van der Waals surface area contributed by atoms with Gasteiger partial charge in [-0.25, -0.2) is 0 Å². The van der Waals surface area contributed by atoms with E-state index in [0.717, 1.165) is 32.4 Å². The second kappa shape index (κ2) is 3.44. The van der Waals surface area contributed by atoms with Gasteiger partial charge in [-0.2, -0.15) is 0 Å². The van der Waals surface area contributed by atoms with Crippen molar-refractivity contribution in [3.8, 4) is 0 Å². The minimum absolute atomic E-state index is 0.0813. The molecule has 54 valence electrons. The minimum Gasteiger partial charge on any atom is -0.393 e. The zero-order chi connectivity index (χ0) is 6.69. The first-order valence-corrected chi connectivity index (χ1v) is 3.81. The van der Waals surface area contributed by atoms with Gasteiger partial charge < -0.3 is 5.11 Å². The Bertz CT molecular complexity index is 79.1. The van der Waals surface area contributed by atoms with Crippen molar-refractivity contribution in [1.82, 2.24) is 4.31 Å². The van der Waals surface area contributed by atoms with E-state index < -0.39 is 0 Å². The van der Waals surface area contributed by atoms with Gasteiger partial charge in [0.05, 0.1) is 6.10 Å². The SMILES string of the molecule is OC1CCCN(S)CC1. The lowest BCUT2D eigenvalue weighted by Gasteiger charge is -2.09. The molecule has 0 saturated carbocycles. The molecule has 3 heteroatoms. The molecule has 0 aromatic carbocycles. The summed E-state index contributed by atoms with van der Waals surface area (Å²) in [6.07, 6.45) is 2.81. The van der Waals surface area contributed by atoms with Crippen molar-refractivity contribution in [2.45, 2.75) is 25.4 Å². The highest BCUT2D eigenvalue weighted by Crippen LogP contribution is 2.11. The molecular weight excluding hydrogens is 134 g/mol. The van der Waals surface area contributed by atoms with Crippen molar-refractivity contribution in [1.29, 1.82) is 0 Å². The summed E-state index contributed by atoms with van der Waals surface area (Å²) in [5.74, 6) is 0. The van der Waals surface area contributed by atoms with Crippen molar-refractivity contribution < 1.29 is 5.11 Å². The van der Waals surface area contributed by atoms with E-state index in [-0.39, 0.29) is 6.10 Å². The highest BCUT2D eigenvalue weighted by atomic mass is 32.1. The monoisotopic (exact) mass is 147 g/mol. The molecule has 1 fully saturated rings. The van der Waals surface area contributed by atoms with Crippen LogP contribution in [0.2, 0.25) is 0 Å².